The minimum Gasteiger partial charge on any atom is -0.396 e. The summed E-state index contributed by atoms with van der Waals surface area (Å²) in [5.41, 5.74) is 6.17. The lowest BCUT2D eigenvalue weighted by atomic mass is 9.84. The van der Waals surface area contributed by atoms with Gasteiger partial charge in [0, 0.05) is 6.61 Å². The van der Waals surface area contributed by atoms with Gasteiger partial charge < -0.3 is 15.4 Å². The SMILES string of the molecule is CC(C)(c1ccc(F)cc1)c1noc(C(N)CCO)n1. The molecule has 3 N–H and O–H groups in total. The molecule has 0 bridgehead atoms. The largest absolute Gasteiger partial charge is 0.396 e. The van der Waals surface area contributed by atoms with Crippen LogP contribution in [-0.2, 0) is 5.41 Å². The number of hydrogen-bond donors (Lipinski definition) is 2. The van der Waals surface area contributed by atoms with Crippen molar-refractivity contribution in [2.45, 2.75) is 31.7 Å². The molecule has 5 nitrogen and oxygen atoms in total. The Labute approximate surface area is 116 Å². The summed E-state index contributed by atoms with van der Waals surface area (Å²) in [5, 5.41) is 12.8. The van der Waals surface area contributed by atoms with E-state index < -0.39 is 11.5 Å². The van der Waals surface area contributed by atoms with Gasteiger partial charge in [-0.2, -0.15) is 4.98 Å². The molecule has 0 radical (unpaired) electrons. The van der Waals surface area contributed by atoms with Gasteiger partial charge in [-0.15, -0.1) is 0 Å². The summed E-state index contributed by atoms with van der Waals surface area (Å²) >= 11 is 0. The van der Waals surface area contributed by atoms with Gasteiger partial charge in [0.25, 0.3) is 0 Å². The first-order chi connectivity index (χ1) is 9.45. The van der Waals surface area contributed by atoms with Crippen molar-refractivity contribution in [1.29, 1.82) is 0 Å². The number of halogens is 1. The van der Waals surface area contributed by atoms with Crippen LogP contribution in [0.5, 0.6) is 0 Å². The van der Waals surface area contributed by atoms with Crippen molar-refractivity contribution < 1.29 is 14.0 Å². The molecule has 6 heteroatoms. The number of nitrogens with two attached hydrogens (primary N) is 1. The van der Waals surface area contributed by atoms with Crippen molar-refractivity contribution in [3.63, 3.8) is 0 Å². The predicted octanol–water partition coefficient (Wildman–Crippen LogP) is 1.92. The first-order valence-corrected chi connectivity index (χ1v) is 6.41. The van der Waals surface area contributed by atoms with Crippen LogP contribution in [0, 0.1) is 5.82 Å². The van der Waals surface area contributed by atoms with E-state index in [1.807, 2.05) is 13.8 Å². The van der Waals surface area contributed by atoms with Crippen LogP contribution < -0.4 is 5.73 Å². The third-order valence-electron chi connectivity index (χ3n) is 3.32. The highest BCUT2D eigenvalue weighted by molar-refractivity contribution is 5.30. The predicted molar refractivity (Wildman–Crippen MR) is 71.5 cm³/mol. The lowest BCUT2D eigenvalue weighted by Crippen LogP contribution is -2.21. The van der Waals surface area contributed by atoms with Gasteiger partial charge in [0.2, 0.25) is 5.89 Å². The molecule has 20 heavy (non-hydrogen) atoms. The second-order valence-electron chi connectivity index (χ2n) is 5.21. The number of aliphatic hydroxyl groups excluding tert-OH is 1. The zero-order valence-electron chi connectivity index (χ0n) is 11.5. The molecule has 0 aliphatic heterocycles. The molecule has 0 amide bonds. The van der Waals surface area contributed by atoms with Gasteiger partial charge in [-0.3, -0.25) is 0 Å². The lowest BCUT2D eigenvalue weighted by molar-refractivity contribution is 0.258. The maximum Gasteiger partial charge on any atom is 0.243 e. The van der Waals surface area contributed by atoms with Crippen molar-refractivity contribution in [2.24, 2.45) is 5.73 Å². The molecule has 0 saturated carbocycles. The Morgan fingerprint density at radius 2 is 2.00 bits per heavy atom. The average Bonchev–Trinajstić information content (AvgIpc) is 2.90. The molecular weight excluding hydrogens is 261 g/mol. The van der Waals surface area contributed by atoms with E-state index in [2.05, 4.69) is 10.1 Å². The van der Waals surface area contributed by atoms with Crippen LogP contribution in [0.15, 0.2) is 28.8 Å². The highest BCUT2D eigenvalue weighted by Gasteiger charge is 2.29. The van der Waals surface area contributed by atoms with Crippen LogP contribution in [-0.4, -0.2) is 21.9 Å². The topological polar surface area (TPSA) is 85.2 Å². The first-order valence-electron chi connectivity index (χ1n) is 6.41. The van der Waals surface area contributed by atoms with Gasteiger partial charge in [-0.1, -0.05) is 17.3 Å². The van der Waals surface area contributed by atoms with Crippen molar-refractivity contribution >= 4 is 0 Å². The van der Waals surface area contributed by atoms with E-state index in [0.717, 1.165) is 5.56 Å². The number of hydrogen-bond acceptors (Lipinski definition) is 5. The summed E-state index contributed by atoms with van der Waals surface area (Å²) in [7, 11) is 0. The Hall–Kier alpha value is -1.79. The van der Waals surface area contributed by atoms with Crippen LogP contribution in [0.2, 0.25) is 0 Å². The molecule has 2 aromatic rings. The normalized spacial score (nSPS) is 13.4. The van der Waals surface area contributed by atoms with Crippen LogP contribution in [0.4, 0.5) is 4.39 Å². The highest BCUT2D eigenvalue weighted by atomic mass is 19.1. The fraction of sp³-hybridized carbons (Fsp3) is 0.429. The Kier molecular flexibility index (Phi) is 4.15. The molecule has 1 aromatic heterocycles. The van der Waals surface area contributed by atoms with E-state index in [1.54, 1.807) is 12.1 Å². The molecular formula is C14H18FN3O2. The quantitative estimate of drug-likeness (QED) is 0.873. The summed E-state index contributed by atoms with van der Waals surface area (Å²) in [4.78, 5) is 4.29. The molecule has 0 aliphatic carbocycles. The van der Waals surface area contributed by atoms with E-state index >= 15 is 0 Å². The molecule has 1 aromatic carbocycles. The molecule has 2 rings (SSSR count). The lowest BCUT2D eigenvalue weighted by Gasteiger charge is -2.20. The molecule has 1 atom stereocenters. The number of aromatic nitrogens is 2. The summed E-state index contributed by atoms with van der Waals surface area (Å²) in [6.45, 7) is 3.80. The van der Waals surface area contributed by atoms with E-state index in [-0.39, 0.29) is 12.4 Å². The van der Waals surface area contributed by atoms with Crippen LogP contribution >= 0.6 is 0 Å². The van der Waals surface area contributed by atoms with Crippen LogP contribution in [0.1, 0.15) is 43.6 Å². The zero-order valence-corrected chi connectivity index (χ0v) is 11.5. The number of nitrogens with zero attached hydrogens (tertiary/aromatic N) is 2. The van der Waals surface area contributed by atoms with E-state index in [0.29, 0.717) is 18.1 Å². The highest BCUT2D eigenvalue weighted by Crippen LogP contribution is 2.30. The van der Waals surface area contributed by atoms with Crippen molar-refractivity contribution in [2.75, 3.05) is 6.61 Å². The van der Waals surface area contributed by atoms with Crippen molar-refractivity contribution in [3.8, 4) is 0 Å². The molecule has 0 fully saturated rings. The van der Waals surface area contributed by atoms with Crippen LogP contribution in [0.3, 0.4) is 0 Å². The van der Waals surface area contributed by atoms with Gasteiger partial charge in [0.15, 0.2) is 5.82 Å². The van der Waals surface area contributed by atoms with Gasteiger partial charge >= 0.3 is 0 Å². The summed E-state index contributed by atoms with van der Waals surface area (Å²) in [6, 6.07) is 5.70. The smallest absolute Gasteiger partial charge is 0.243 e. The first kappa shape index (κ1) is 14.6. The Morgan fingerprint density at radius 1 is 1.35 bits per heavy atom. The second-order valence-corrected chi connectivity index (χ2v) is 5.21. The van der Waals surface area contributed by atoms with Crippen molar-refractivity contribution in [1.82, 2.24) is 10.1 Å². The monoisotopic (exact) mass is 279 g/mol. The summed E-state index contributed by atoms with van der Waals surface area (Å²) < 4.78 is 18.1. The van der Waals surface area contributed by atoms with Crippen LogP contribution in [0.25, 0.3) is 0 Å². The standard InChI is InChI=1S/C14H18FN3O2/c1-14(2,9-3-5-10(15)6-4-9)13-17-12(20-18-13)11(16)7-8-19/h3-6,11,19H,7-8,16H2,1-2H3. The van der Waals surface area contributed by atoms with Gasteiger partial charge in [0.05, 0.1) is 11.5 Å². The minimum atomic E-state index is -0.519. The summed E-state index contributed by atoms with van der Waals surface area (Å²) in [6.07, 6.45) is 0.360. The van der Waals surface area contributed by atoms with E-state index in [9.17, 15) is 4.39 Å². The van der Waals surface area contributed by atoms with E-state index in [1.165, 1.54) is 12.1 Å². The third kappa shape index (κ3) is 2.86. The van der Waals surface area contributed by atoms with Crippen molar-refractivity contribution in [3.05, 3.63) is 47.4 Å². The Bertz CT molecular complexity index is 566. The maximum atomic E-state index is 13.0. The van der Waals surface area contributed by atoms with Gasteiger partial charge in [-0.05, 0) is 38.0 Å². The molecule has 0 spiro atoms. The molecule has 0 aliphatic rings. The Balaban J connectivity index is 2.27. The summed E-state index contributed by atoms with van der Waals surface area (Å²) in [5.74, 6) is 0.486. The average molecular weight is 279 g/mol. The van der Waals surface area contributed by atoms with E-state index in [4.69, 9.17) is 15.4 Å². The minimum absolute atomic E-state index is 0.0414. The number of benzene rings is 1. The molecule has 0 saturated heterocycles. The third-order valence-corrected chi connectivity index (χ3v) is 3.32. The zero-order chi connectivity index (χ0) is 14.8. The number of rotatable bonds is 5. The number of aliphatic hydroxyl groups is 1. The second kappa shape index (κ2) is 5.68. The Morgan fingerprint density at radius 3 is 2.60 bits per heavy atom. The fourth-order valence-corrected chi connectivity index (χ4v) is 1.90. The molecule has 1 unspecified atom stereocenters. The molecule has 1 heterocycles. The van der Waals surface area contributed by atoms with Gasteiger partial charge in [0.1, 0.15) is 5.82 Å². The fourth-order valence-electron chi connectivity index (χ4n) is 1.90. The molecule has 108 valence electrons. The van der Waals surface area contributed by atoms with Gasteiger partial charge in [-0.25, -0.2) is 4.39 Å². The maximum absolute atomic E-state index is 13.0.